The van der Waals surface area contributed by atoms with E-state index in [2.05, 4.69) is 5.32 Å². The first-order valence-corrected chi connectivity index (χ1v) is 7.17. The summed E-state index contributed by atoms with van der Waals surface area (Å²) < 4.78 is 0. The summed E-state index contributed by atoms with van der Waals surface area (Å²) in [4.78, 5) is 37.1. The third-order valence-corrected chi connectivity index (χ3v) is 4.60. The second kappa shape index (κ2) is 4.26. The molecule has 2 aliphatic heterocycles. The monoisotopic (exact) mass is 270 g/mol. The van der Waals surface area contributed by atoms with Gasteiger partial charge in [0.1, 0.15) is 5.54 Å². The minimum atomic E-state index is -0.750. The molecule has 100 valence electrons. The van der Waals surface area contributed by atoms with Gasteiger partial charge in [-0.1, -0.05) is 20.8 Å². The van der Waals surface area contributed by atoms with E-state index in [0.29, 0.717) is 12.2 Å². The van der Waals surface area contributed by atoms with Crippen LogP contribution >= 0.6 is 11.8 Å². The second-order valence-electron chi connectivity index (χ2n) is 5.88. The number of imide groups is 1. The van der Waals surface area contributed by atoms with E-state index in [-0.39, 0.29) is 18.2 Å². The highest BCUT2D eigenvalue weighted by Gasteiger charge is 2.53. The van der Waals surface area contributed by atoms with Gasteiger partial charge >= 0.3 is 6.03 Å². The Balaban J connectivity index is 2.13. The van der Waals surface area contributed by atoms with E-state index in [4.69, 9.17) is 0 Å². The van der Waals surface area contributed by atoms with E-state index in [1.165, 1.54) is 0 Å². The molecule has 0 bridgehead atoms. The van der Waals surface area contributed by atoms with Crippen molar-refractivity contribution in [1.82, 2.24) is 10.2 Å². The van der Waals surface area contributed by atoms with Gasteiger partial charge in [0.2, 0.25) is 0 Å². The smallest absolute Gasteiger partial charge is 0.322 e. The first-order chi connectivity index (χ1) is 8.26. The molecule has 0 saturated carbocycles. The van der Waals surface area contributed by atoms with Crippen molar-refractivity contribution in [2.24, 2.45) is 5.41 Å². The van der Waals surface area contributed by atoms with Gasteiger partial charge in [0.05, 0.1) is 6.54 Å². The van der Waals surface area contributed by atoms with E-state index >= 15 is 0 Å². The maximum absolute atomic E-state index is 12.3. The number of Topliss-reactive ketones (excluding diaryl/α,β-unsaturated/α-hetero) is 1. The van der Waals surface area contributed by atoms with Crippen molar-refractivity contribution >= 4 is 29.5 Å². The molecule has 3 amide bonds. The van der Waals surface area contributed by atoms with E-state index in [1.54, 1.807) is 32.5 Å². The highest BCUT2D eigenvalue weighted by atomic mass is 32.2. The summed E-state index contributed by atoms with van der Waals surface area (Å²) in [6.07, 6.45) is 0.655. The summed E-state index contributed by atoms with van der Waals surface area (Å²) in [5.41, 5.74) is -1.29. The maximum atomic E-state index is 12.3. The van der Waals surface area contributed by atoms with E-state index in [9.17, 15) is 14.4 Å². The van der Waals surface area contributed by atoms with Crippen molar-refractivity contribution in [3.8, 4) is 0 Å². The van der Waals surface area contributed by atoms with Crippen LogP contribution in [0, 0.1) is 5.41 Å². The third kappa shape index (κ3) is 2.13. The molecule has 2 fully saturated rings. The summed E-state index contributed by atoms with van der Waals surface area (Å²) in [5.74, 6) is 1.13. The molecular weight excluding hydrogens is 252 g/mol. The van der Waals surface area contributed by atoms with Crippen LogP contribution in [0.4, 0.5) is 4.79 Å². The van der Waals surface area contributed by atoms with E-state index in [1.807, 2.05) is 0 Å². The number of nitrogens with zero attached hydrogens (tertiary/aromatic N) is 1. The molecule has 1 N–H and O–H groups in total. The standard InChI is InChI=1S/C12H18N2O3S/c1-11(2,3)8(15)6-14-9(16)12(13-10(14)17)4-5-18-7-12/h4-7H2,1-3H3,(H,13,17)/t12-/m1/s1. The lowest BCUT2D eigenvalue weighted by molar-refractivity contribution is -0.136. The quantitative estimate of drug-likeness (QED) is 0.761. The average Bonchev–Trinajstić information content (AvgIpc) is 2.79. The van der Waals surface area contributed by atoms with Crippen LogP contribution in [0.5, 0.6) is 0 Å². The number of carbonyl (C=O) groups excluding carboxylic acids is 3. The lowest BCUT2D eigenvalue weighted by atomic mass is 9.90. The molecule has 0 unspecified atom stereocenters. The minimum Gasteiger partial charge on any atom is -0.322 e. The van der Waals surface area contributed by atoms with Crippen molar-refractivity contribution in [2.45, 2.75) is 32.7 Å². The van der Waals surface area contributed by atoms with Crippen LogP contribution in [-0.4, -0.2) is 46.2 Å². The molecule has 18 heavy (non-hydrogen) atoms. The van der Waals surface area contributed by atoms with Crippen molar-refractivity contribution in [1.29, 1.82) is 0 Å². The first-order valence-electron chi connectivity index (χ1n) is 6.01. The van der Waals surface area contributed by atoms with Crippen LogP contribution < -0.4 is 5.32 Å². The largest absolute Gasteiger partial charge is 0.325 e. The normalized spacial score (nSPS) is 28.1. The van der Waals surface area contributed by atoms with Gasteiger partial charge in [0.25, 0.3) is 5.91 Å². The van der Waals surface area contributed by atoms with Crippen molar-refractivity contribution in [3.05, 3.63) is 0 Å². The Kier molecular flexibility index (Phi) is 3.17. The Hall–Kier alpha value is -1.04. The summed E-state index contributed by atoms with van der Waals surface area (Å²) in [7, 11) is 0. The Labute approximate surface area is 111 Å². The molecule has 2 saturated heterocycles. The average molecular weight is 270 g/mol. The van der Waals surface area contributed by atoms with Crippen molar-refractivity contribution in [3.63, 3.8) is 0 Å². The topological polar surface area (TPSA) is 66.5 Å². The predicted octanol–water partition coefficient (Wildman–Crippen LogP) is 1.03. The summed E-state index contributed by atoms with van der Waals surface area (Å²) in [5, 5.41) is 2.75. The molecule has 0 aromatic carbocycles. The van der Waals surface area contributed by atoms with Crippen LogP contribution in [0.15, 0.2) is 0 Å². The zero-order valence-electron chi connectivity index (χ0n) is 10.9. The predicted molar refractivity (Wildman–Crippen MR) is 69.4 cm³/mol. The van der Waals surface area contributed by atoms with Gasteiger partial charge in [0, 0.05) is 11.2 Å². The van der Waals surface area contributed by atoms with E-state index < -0.39 is 17.0 Å². The molecule has 6 heteroatoms. The Morgan fingerprint density at radius 1 is 1.44 bits per heavy atom. The van der Waals surface area contributed by atoms with Gasteiger partial charge < -0.3 is 5.32 Å². The summed E-state index contributed by atoms with van der Waals surface area (Å²) in [6.45, 7) is 5.24. The number of thioether (sulfide) groups is 1. The highest BCUT2D eigenvalue weighted by molar-refractivity contribution is 7.99. The Morgan fingerprint density at radius 2 is 2.11 bits per heavy atom. The number of hydrogen-bond donors (Lipinski definition) is 1. The van der Waals surface area contributed by atoms with Crippen molar-refractivity contribution < 1.29 is 14.4 Å². The number of carbonyl (C=O) groups is 3. The van der Waals surface area contributed by atoms with Crippen LogP contribution in [0.3, 0.4) is 0 Å². The number of hydrogen-bond acceptors (Lipinski definition) is 4. The minimum absolute atomic E-state index is 0.103. The molecule has 0 radical (unpaired) electrons. The molecule has 0 aliphatic carbocycles. The number of ketones is 1. The number of nitrogens with one attached hydrogen (secondary N) is 1. The van der Waals surface area contributed by atoms with Gasteiger partial charge in [0.15, 0.2) is 5.78 Å². The van der Waals surface area contributed by atoms with E-state index in [0.717, 1.165) is 10.7 Å². The third-order valence-electron chi connectivity index (χ3n) is 3.41. The van der Waals surface area contributed by atoms with Gasteiger partial charge in [-0.2, -0.15) is 11.8 Å². The Bertz CT molecular complexity index is 408. The lowest BCUT2D eigenvalue weighted by Crippen LogP contribution is -2.47. The van der Waals surface area contributed by atoms with Crippen LogP contribution in [0.1, 0.15) is 27.2 Å². The van der Waals surface area contributed by atoms with Crippen LogP contribution in [0.25, 0.3) is 0 Å². The molecule has 2 heterocycles. The Morgan fingerprint density at radius 3 is 2.61 bits per heavy atom. The fourth-order valence-electron chi connectivity index (χ4n) is 2.03. The number of rotatable bonds is 2. The number of urea groups is 1. The van der Waals surface area contributed by atoms with Crippen molar-refractivity contribution in [2.75, 3.05) is 18.1 Å². The molecular formula is C12H18N2O3S. The lowest BCUT2D eigenvalue weighted by Gasteiger charge is -2.22. The van der Waals surface area contributed by atoms with Crippen LogP contribution in [-0.2, 0) is 9.59 Å². The zero-order valence-corrected chi connectivity index (χ0v) is 11.7. The van der Waals surface area contributed by atoms with Gasteiger partial charge in [-0.3, -0.25) is 14.5 Å². The van der Waals surface area contributed by atoms with Gasteiger partial charge in [-0.15, -0.1) is 0 Å². The maximum Gasteiger partial charge on any atom is 0.325 e. The molecule has 2 rings (SSSR count). The molecule has 2 aliphatic rings. The second-order valence-corrected chi connectivity index (χ2v) is 6.98. The molecule has 1 spiro atoms. The molecule has 1 atom stereocenters. The highest BCUT2D eigenvalue weighted by Crippen LogP contribution is 2.33. The SMILES string of the molecule is CC(C)(C)C(=O)CN1C(=O)N[C@@]2(CCSC2)C1=O. The first kappa shape index (κ1) is 13.4. The summed E-state index contributed by atoms with van der Waals surface area (Å²) in [6, 6.07) is -0.430. The molecule has 5 nitrogen and oxygen atoms in total. The van der Waals surface area contributed by atoms with Gasteiger partial charge in [-0.05, 0) is 12.2 Å². The fourth-order valence-corrected chi connectivity index (χ4v) is 3.36. The summed E-state index contributed by atoms with van der Waals surface area (Å²) >= 11 is 1.66. The fraction of sp³-hybridized carbons (Fsp3) is 0.750. The number of amides is 3. The van der Waals surface area contributed by atoms with Gasteiger partial charge in [-0.25, -0.2) is 4.79 Å². The van der Waals surface area contributed by atoms with Crippen LogP contribution in [0.2, 0.25) is 0 Å². The molecule has 0 aromatic rings. The zero-order chi connectivity index (χ0) is 13.6. The molecule has 0 aromatic heterocycles.